The average Bonchev–Trinajstić information content (AvgIpc) is 2.58. The van der Waals surface area contributed by atoms with Crippen LogP contribution in [-0.4, -0.2) is 22.7 Å². The maximum Gasteiger partial charge on any atom is 0.383 e. The van der Waals surface area contributed by atoms with Gasteiger partial charge >= 0.3 is 12.2 Å². The minimum atomic E-state index is -2.31. The number of carbonyl (C=O) groups is 1. The highest BCUT2D eigenvalue weighted by atomic mass is 35.5. The van der Waals surface area contributed by atoms with Crippen LogP contribution in [-0.2, 0) is 4.79 Å². The monoisotopic (exact) mass is 304 g/mol. The summed E-state index contributed by atoms with van der Waals surface area (Å²) in [5.41, 5.74) is 1.32. The van der Waals surface area contributed by atoms with E-state index in [2.05, 4.69) is 5.32 Å². The number of benzene rings is 2. The molecular weight excluding hydrogens is 295 g/mol. The molecule has 0 saturated heterocycles. The van der Waals surface area contributed by atoms with Crippen molar-refractivity contribution < 1.29 is 13.9 Å². The van der Waals surface area contributed by atoms with Gasteiger partial charge in [0.15, 0.2) is 0 Å². The van der Waals surface area contributed by atoms with Crippen LogP contribution in [0.2, 0.25) is 5.02 Å². The summed E-state index contributed by atoms with van der Waals surface area (Å²) >= 11 is 5.96. The highest BCUT2D eigenvalue weighted by Crippen LogP contribution is 2.27. The van der Waals surface area contributed by atoms with Crippen molar-refractivity contribution in [2.45, 2.75) is 6.30 Å². The van der Waals surface area contributed by atoms with Gasteiger partial charge in [0.05, 0.1) is 11.3 Å². The Morgan fingerprint density at radius 2 is 1.90 bits per heavy atom. The third-order valence-electron chi connectivity index (χ3n) is 3.18. The van der Waals surface area contributed by atoms with Gasteiger partial charge in [-0.05, 0) is 30.3 Å². The van der Waals surface area contributed by atoms with Gasteiger partial charge in [-0.25, -0.2) is 0 Å². The zero-order valence-electron chi connectivity index (χ0n) is 10.7. The summed E-state index contributed by atoms with van der Waals surface area (Å²) < 4.78 is 14.1. The maximum atomic E-state index is 14.0. The van der Waals surface area contributed by atoms with Gasteiger partial charge in [-0.3, -0.25) is 4.79 Å². The van der Waals surface area contributed by atoms with Crippen LogP contribution in [0.5, 0.6) is 0 Å². The molecule has 0 fully saturated rings. The first-order chi connectivity index (χ1) is 10.1. The summed E-state index contributed by atoms with van der Waals surface area (Å²) in [4.78, 5) is 11.7. The molecule has 0 aliphatic carbocycles. The van der Waals surface area contributed by atoms with Crippen LogP contribution in [0.1, 0.15) is 11.1 Å². The molecule has 0 radical (unpaired) electrons. The molecule has 0 saturated carbocycles. The zero-order chi connectivity index (χ0) is 15.0. The number of nitrogens with zero attached hydrogens (tertiary/aromatic N) is 1. The quantitative estimate of drug-likeness (QED) is 0.500. The number of carbonyl (C=O) groups excluding carboxylic acids is 1. The Hall–Kier alpha value is -2.40. The van der Waals surface area contributed by atoms with Crippen molar-refractivity contribution >= 4 is 28.9 Å². The Morgan fingerprint density at radius 3 is 2.62 bits per heavy atom. The van der Waals surface area contributed by atoms with E-state index in [0.717, 1.165) is 0 Å². The summed E-state index contributed by atoms with van der Waals surface area (Å²) in [5, 5.41) is 15.0. The zero-order valence-corrected chi connectivity index (χ0v) is 11.5. The summed E-state index contributed by atoms with van der Waals surface area (Å²) in [6.07, 6.45) is -2.31. The first-order valence-corrected chi connectivity index (χ1v) is 6.59. The number of nitrogens with one attached hydrogen (secondary N) is 1. The van der Waals surface area contributed by atoms with Crippen molar-refractivity contribution in [3.63, 3.8) is 0 Å². The van der Waals surface area contributed by atoms with E-state index < -0.39 is 12.2 Å². The molecule has 1 atom stereocenters. The van der Waals surface area contributed by atoms with Crippen molar-refractivity contribution in [1.29, 1.82) is 0 Å². The number of anilines is 1. The fraction of sp³-hybridized carbons (Fsp3) is 0.0667. The van der Waals surface area contributed by atoms with Crippen molar-refractivity contribution in [1.82, 2.24) is 0 Å². The third kappa shape index (κ3) is 2.36. The molecule has 0 spiro atoms. The topological polar surface area (TPSA) is 55.2 Å². The number of hydrogen-bond donors (Lipinski definition) is 1. The summed E-state index contributed by atoms with van der Waals surface area (Å²) in [7, 11) is 0. The largest absolute Gasteiger partial charge is 0.621 e. The standard InChI is InChI=1S/C15H10ClFN2O2/c16-10-6-7-12-11(8-10)13(9-4-2-1-3-5-9)19(21)14(17)15(20)18-12/h1-8,14H,(H,18,20). The van der Waals surface area contributed by atoms with Crippen LogP contribution in [0, 0.1) is 5.21 Å². The van der Waals surface area contributed by atoms with Crippen LogP contribution in [0.3, 0.4) is 0 Å². The Kier molecular flexibility index (Phi) is 3.35. The lowest BCUT2D eigenvalue weighted by Gasteiger charge is -2.11. The van der Waals surface area contributed by atoms with Crippen molar-refractivity contribution in [3.8, 4) is 0 Å². The number of benzodiazepines with no additional fused rings is 1. The van der Waals surface area contributed by atoms with Crippen LogP contribution in [0.25, 0.3) is 0 Å². The lowest BCUT2D eigenvalue weighted by atomic mass is 10.0. The lowest BCUT2D eigenvalue weighted by Crippen LogP contribution is -2.32. The van der Waals surface area contributed by atoms with Gasteiger partial charge in [-0.15, -0.1) is 0 Å². The second-order valence-corrected chi connectivity index (χ2v) is 4.99. The Morgan fingerprint density at radius 1 is 1.19 bits per heavy atom. The molecule has 21 heavy (non-hydrogen) atoms. The molecule has 1 aliphatic rings. The molecule has 0 bridgehead atoms. The molecule has 4 nitrogen and oxygen atoms in total. The van der Waals surface area contributed by atoms with E-state index in [9.17, 15) is 14.4 Å². The molecule has 2 aromatic carbocycles. The van der Waals surface area contributed by atoms with Gasteiger partial charge in [0.2, 0.25) is 5.71 Å². The predicted molar refractivity (Wildman–Crippen MR) is 78.3 cm³/mol. The van der Waals surface area contributed by atoms with Gasteiger partial charge in [0, 0.05) is 10.6 Å². The molecule has 1 aliphatic heterocycles. The fourth-order valence-corrected chi connectivity index (χ4v) is 2.40. The Bertz CT molecular complexity index is 747. The molecule has 1 heterocycles. The number of amides is 1. The molecule has 0 aromatic heterocycles. The van der Waals surface area contributed by atoms with Crippen LogP contribution >= 0.6 is 11.6 Å². The van der Waals surface area contributed by atoms with E-state index >= 15 is 0 Å². The van der Waals surface area contributed by atoms with E-state index in [4.69, 9.17) is 11.6 Å². The van der Waals surface area contributed by atoms with Crippen LogP contribution < -0.4 is 5.32 Å². The summed E-state index contributed by atoms with van der Waals surface area (Å²) in [5.74, 6) is -1.00. The molecule has 3 rings (SSSR count). The molecule has 1 N–H and O–H groups in total. The predicted octanol–water partition coefficient (Wildman–Crippen LogP) is 2.94. The first-order valence-electron chi connectivity index (χ1n) is 6.21. The van der Waals surface area contributed by atoms with Gasteiger partial charge in [-0.1, -0.05) is 29.8 Å². The minimum absolute atomic E-state index is 0.0685. The maximum absolute atomic E-state index is 14.0. The molecule has 1 unspecified atom stereocenters. The first kappa shape index (κ1) is 13.6. The number of rotatable bonds is 1. The van der Waals surface area contributed by atoms with E-state index in [-0.39, 0.29) is 10.5 Å². The molecule has 1 amide bonds. The van der Waals surface area contributed by atoms with Gasteiger partial charge in [-0.2, -0.15) is 9.13 Å². The fourth-order valence-electron chi connectivity index (χ4n) is 2.23. The van der Waals surface area contributed by atoms with Gasteiger partial charge in [0.1, 0.15) is 0 Å². The SMILES string of the molecule is O=C1Nc2ccc(Cl)cc2C(c2ccccc2)=[N+]([O-])C1F. The number of fused-ring (bicyclic) bond motifs is 1. The van der Waals surface area contributed by atoms with E-state index in [1.807, 2.05) is 0 Å². The minimum Gasteiger partial charge on any atom is -0.621 e. The number of hydrogen-bond acceptors (Lipinski definition) is 2. The number of halogens is 2. The van der Waals surface area contributed by atoms with E-state index in [1.54, 1.807) is 42.5 Å². The highest BCUT2D eigenvalue weighted by molar-refractivity contribution is 6.31. The van der Waals surface area contributed by atoms with E-state index in [1.165, 1.54) is 6.07 Å². The molecule has 2 aromatic rings. The Balaban J connectivity index is 2.32. The van der Waals surface area contributed by atoms with Crippen molar-refractivity contribution in [2.75, 3.05) is 5.32 Å². The normalized spacial score (nSPS) is 18.0. The number of alkyl halides is 1. The van der Waals surface area contributed by atoms with Crippen molar-refractivity contribution in [2.24, 2.45) is 0 Å². The highest BCUT2D eigenvalue weighted by Gasteiger charge is 2.35. The van der Waals surface area contributed by atoms with Crippen LogP contribution in [0.15, 0.2) is 48.5 Å². The lowest BCUT2D eigenvalue weighted by molar-refractivity contribution is -0.514. The summed E-state index contributed by atoms with van der Waals surface area (Å²) in [6.45, 7) is 0. The molecular formula is C15H10ClFN2O2. The van der Waals surface area contributed by atoms with Crippen LogP contribution in [0.4, 0.5) is 10.1 Å². The van der Waals surface area contributed by atoms with Gasteiger partial charge in [0.25, 0.3) is 0 Å². The van der Waals surface area contributed by atoms with Crippen molar-refractivity contribution in [3.05, 3.63) is 69.9 Å². The summed E-state index contributed by atoms with van der Waals surface area (Å²) in [6, 6.07) is 13.2. The number of hydroxylamine groups is 1. The second-order valence-electron chi connectivity index (χ2n) is 4.56. The molecule has 106 valence electrons. The second kappa shape index (κ2) is 5.18. The smallest absolute Gasteiger partial charge is 0.383 e. The van der Waals surface area contributed by atoms with E-state index in [0.29, 0.717) is 21.8 Å². The van der Waals surface area contributed by atoms with Gasteiger partial charge < -0.3 is 10.5 Å². The molecule has 6 heteroatoms. The third-order valence-corrected chi connectivity index (χ3v) is 3.42. The Labute approximate surface area is 125 Å². The average molecular weight is 305 g/mol.